The van der Waals surface area contributed by atoms with E-state index in [9.17, 15) is 0 Å². The largest absolute Gasteiger partial charge is 0.357 e. The average molecular weight is 387 g/mol. The maximum atomic E-state index is 6.03. The van der Waals surface area contributed by atoms with Crippen LogP contribution in [0.5, 0.6) is 0 Å². The first-order chi connectivity index (χ1) is 13.2. The molecule has 8 nitrogen and oxygen atoms in total. The second-order valence-corrected chi connectivity index (χ2v) is 6.37. The van der Waals surface area contributed by atoms with E-state index in [1.807, 2.05) is 55.2 Å². The van der Waals surface area contributed by atoms with Crippen LogP contribution in [0, 0.1) is 0 Å². The highest BCUT2D eigenvalue weighted by Crippen LogP contribution is 2.19. The zero-order chi connectivity index (χ0) is 19.1. The van der Waals surface area contributed by atoms with Gasteiger partial charge in [0.25, 0.3) is 0 Å². The van der Waals surface area contributed by atoms with E-state index in [1.54, 1.807) is 10.9 Å². The van der Waals surface area contributed by atoms with E-state index >= 15 is 0 Å². The smallest absolute Gasteiger partial charge is 0.191 e. The third-order valence-electron chi connectivity index (χ3n) is 4.09. The summed E-state index contributed by atoms with van der Waals surface area (Å²) in [5.74, 6) is 1.51. The molecule has 27 heavy (non-hydrogen) atoms. The van der Waals surface area contributed by atoms with Gasteiger partial charge in [0, 0.05) is 37.6 Å². The summed E-state index contributed by atoms with van der Waals surface area (Å²) >= 11 is 6.03. The fraction of sp³-hybridized carbons (Fsp3) is 0.333. The molecule has 3 aromatic rings. The Morgan fingerprint density at radius 2 is 2.04 bits per heavy atom. The number of hydrogen-bond acceptors (Lipinski definition) is 4. The number of halogens is 1. The Balaban J connectivity index is 1.73. The topological polar surface area (TPSA) is 85.0 Å². The summed E-state index contributed by atoms with van der Waals surface area (Å²) < 4.78 is 3.63. The first-order valence-corrected chi connectivity index (χ1v) is 9.14. The van der Waals surface area contributed by atoms with Gasteiger partial charge in [0.1, 0.15) is 18.7 Å². The van der Waals surface area contributed by atoms with Crippen LogP contribution in [0.15, 0.2) is 54.0 Å². The van der Waals surface area contributed by atoms with E-state index in [1.165, 1.54) is 6.33 Å². The lowest BCUT2D eigenvalue weighted by molar-refractivity contribution is 0.510. The van der Waals surface area contributed by atoms with Crippen molar-refractivity contribution in [2.75, 3.05) is 13.1 Å². The van der Waals surface area contributed by atoms with Gasteiger partial charge in [-0.15, -0.1) is 0 Å². The molecule has 0 spiro atoms. The van der Waals surface area contributed by atoms with Crippen LogP contribution < -0.4 is 10.6 Å². The Labute approximate surface area is 163 Å². The highest BCUT2D eigenvalue weighted by atomic mass is 35.5. The molecular formula is C18H23ClN8. The van der Waals surface area contributed by atoms with Crippen LogP contribution in [0.1, 0.15) is 24.4 Å². The van der Waals surface area contributed by atoms with Gasteiger partial charge in [-0.25, -0.2) is 9.98 Å². The first-order valence-electron chi connectivity index (χ1n) is 8.77. The molecule has 1 unspecified atom stereocenters. The van der Waals surface area contributed by atoms with Crippen molar-refractivity contribution in [1.29, 1.82) is 0 Å². The molecule has 0 aliphatic heterocycles. The molecule has 3 rings (SSSR count). The minimum atomic E-state index is 0.0101. The molecule has 0 radical (unpaired) electrons. The summed E-state index contributed by atoms with van der Waals surface area (Å²) in [6.07, 6.45) is 5.25. The summed E-state index contributed by atoms with van der Waals surface area (Å²) in [6, 6.07) is 9.73. The molecule has 1 aromatic carbocycles. The van der Waals surface area contributed by atoms with E-state index in [0.717, 1.165) is 17.9 Å². The van der Waals surface area contributed by atoms with Gasteiger partial charge < -0.3 is 10.6 Å². The normalized spacial score (nSPS) is 12.8. The van der Waals surface area contributed by atoms with Crippen molar-refractivity contribution < 1.29 is 0 Å². The second-order valence-electron chi connectivity index (χ2n) is 5.93. The van der Waals surface area contributed by atoms with Crippen molar-refractivity contribution in [3.8, 4) is 0 Å². The fourth-order valence-electron chi connectivity index (χ4n) is 2.66. The second kappa shape index (κ2) is 9.18. The predicted molar refractivity (Wildman–Crippen MR) is 106 cm³/mol. The Morgan fingerprint density at radius 3 is 2.67 bits per heavy atom. The highest BCUT2D eigenvalue weighted by molar-refractivity contribution is 6.30. The minimum absolute atomic E-state index is 0.0101. The molecule has 2 heterocycles. The van der Waals surface area contributed by atoms with Crippen molar-refractivity contribution in [3.63, 3.8) is 0 Å². The summed E-state index contributed by atoms with van der Waals surface area (Å²) in [4.78, 5) is 8.80. The molecule has 2 N–H and O–H groups in total. The number of aliphatic imine (C=N–C) groups is 1. The molecule has 0 fully saturated rings. The maximum absolute atomic E-state index is 6.03. The van der Waals surface area contributed by atoms with Crippen LogP contribution in [0.2, 0.25) is 5.02 Å². The lowest BCUT2D eigenvalue weighted by Crippen LogP contribution is -2.40. The predicted octanol–water partition coefficient (Wildman–Crippen LogP) is 2.01. The number of hydrogen-bond donors (Lipinski definition) is 2. The summed E-state index contributed by atoms with van der Waals surface area (Å²) in [6.45, 7) is 3.86. The monoisotopic (exact) mass is 386 g/mol. The van der Waals surface area contributed by atoms with Gasteiger partial charge >= 0.3 is 0 Å². The molecule has 0 aliphatic rings. The van der Waals surface area contributed by atoms with Crippen LogP contribution in [-0.2, 0) is 13.6 Å². The summed E-state index contributed by atoms with van der Waals surface area (Å²) in [7, 11) is 1.85. The molecule has 0 saturated carbocycles. The number of guanidine groups is 1. The number of benzene rings is 1. The zero-order valence-electron chi connectivity index (χ0n) is 15.4. The van der Waals surface area contributed by atoms with Crippen molar-refractivity contribution in [2.24, 2.45) is 12.0 Å². The van der Waals surface area contributed by atoms with E-state index in [-0.39, 0.29) is 6.04 Å². The average Bonchev–Trinajstić information content (AvgIpc) is 3.33. The van der Waals surface area contributed by atoms with Crippen molar-refractivity contribution in [3.05, 3.63) is 65.5 Å². The summed E-state index contributed by atoms with van der Waals surface area (Å²) in [5, 5.41) is 15.8. The lowest BCUT2D eigenvalue weighted by Gasteiger charge is -2.20. The van der Waals surface area contributed by atoms with Gasteiger partial charge in [0.15, 0.2) is 5.96 Å². The van der Waals surface area contributed by atoms with Gasteiger partial charge in [-0.2, -0.15) is 10.2 Å². The Bertz CT molecular complexity index is 854. The third kappa shape index (κ3) is 5.07. The number of nitrogens with one attached hydrogen (secondary N) is 2. The van der Waals surface area contributed by atoms with Gasteiger partial charge in [-0.1, -0.05) is 23.7 Å². The van der Waals surface area contributed by atoms with E-state index in [4.69, 9.17) is 11.6 Å². The number of rotatable bonds is 7. The Hall–Kier alpha value is -2.87. The van der Waals surface area contributed by atoms with E-state index in [0.29, 0.717) is 24.1 Å². The minimum Gasteiger partial charge on any atom is -0.357 e. The molecule has 1 atom stereocenters. The lowest BCUT2D eigenvalue weighted by atomic mass is 10.1. The van der Waals surface area contributed by atoms with Crippen LogP contribution in [0.4, 0.5) is 0 Å². The molecule has 142 valence electrons. The van der Waals surface area contributed by atoms with Gasteiger partial charge in [0.2, 0.25) is 0 Å². The van der Waals surface area contributed by atoms with Gasteiger partial charge in [-0.05, 0) is 30.7 Å². The third-order valence-corrected chi connectivity index (χ3v) is 4.34. The van der Waals surface area contributed by atoms with Crippen molar-refractivity contribution in [2.45, 2.75) is 19.5 Å². The van der Waals surface area contributed by atoms with Crippen LogP contribution in [-0.4, -0.2) is 43.6 Å². The van der Waals surface area contributed by atoms with Crippen LogP contribution in [0.3, 0.4) is 0 Å². The van der Waals surface area contributed by atoms with Crippen molar-refractivity contribution >= 4 is 17.6 Å². The quantitative estimate of drug-likeness (QED) is 0.479. The number of aromatic nitrogens is 5. The Kier molecular flexibility index (Phi) is 6.43. The molecular weight excluding hydrogens is 364 g/mol. The molecule has 0 amide bonds. The molecule has 2 aromatic heterocycles. The van der Waals surface area contributed by atoms with Crippen molar-refractivity contribution in [1.82, 2.24) is 35.2 Å². The Morgan fingerprint density at radius 1 is 1.22 bits per heavy atom. The molecule has 0 bridgehead atoms. The molecule has 0 aliphatic carbocycles. The van der Waals surface area contributed by atoms with Crippen LogP contribution in [0.25, 0.3) is 0 Å². The maximum Gasteiger partial charge on any atom is 0.191 e. The first kappa shape index (κ1) is 18.9. The number of aryl methyl sites for hydroxylation is 1. The highest BCUT2D eigenvalue weighted by Gasteiger charge is 2.15. The van der Waals surface area contributed by atoms with Gasteiger partial charge in [-0.3, -0.25) is 9.36 Å². The summed E-state index contributed by atoms with van der Waals surface area (Å²) in [5.41, 5.74) is 1.11. The standard InChI is InChI=1S/C18H23ClN8/c1-3-20-18(22-12-17-23-13-25-26(17)2)21-11-16(27-10-4-9-24-27)14-5-7-15(19)8-6-14/h4-10,13,16H,3,11-12H2,1-2H3,(H2,20,21,22). The van der Waals surface area contributed by atoms with E-state index in [2.05, 4.69) is 30.8 Å². The molecule has 9 heteroatoms. The zero-order valence-corrected chi connectivity index (χ0v) is 16.1. The number of nitrogens with zero attached hydrogens (tertiary/aromatic N) is 6. The SMILES string of the molecule is CCNC(=NCc1ncnn1C)NCC(c1ccc(Cl)cc1)n1cccn1. The van der Waals surface area contributed by atoms with Gasteiger partial charge in [0.05, 0.1) is 6.04 Å². The molecule has 0 saturated heterocycles. The van der Waals surface area contributed by atoms with E-state index < -0.39 is 0 Å². The fourth-order valence-corrected chi connectivity index (χ4v) is 2.79. The van der Waals surface area contributed by atoms with Crippen LogP contribution >= 0.6 is 11.6 Å².